The second-order valence-electron chi connectivity index (χ2n) is 11.3. The Morgan fingerprint density at radius 1 is 1.15 bits per heavy atom. The molecule has 0 atom stereocenters. The Morgan fingerprint density at radius 2 is 1.85 bits per heavy atom. The maximum Gasteiger partial charge on any atom is 0.410 e. The number of aromatic nitrogens is 4. The Balaban J connectivity index is 1.65. The van der Waals surface area contributed by atoms with E-state index >= 15 is 0 Å². The molecule has 5 rings (SSSR count). The minimum absolute atomic E-state index is 0.0186. The van der Waals surface area contributed by atoms with Crippen LogP contribution in [0.25, 0.3) is 28.0 Å². The molecule has 1 aliphatic rings. The number of likely N-dealkylation sites (tertiary alicyclic amines) is 1. The maximum atomic E-state index is 14.8. The van der Waals surface area contributed by atoms with E-state index in [1.54, 1.807) is 57.3 Å². The van der Waals surface area contributed by atoms with Crippen LogP contribution in [0.3, 0.4) is 0 Å². The number of halogens is 2. The number of fused-ring (bicyclic) bond motifs is 1. The van der Waals surface area contributed by atoms with Crippen molar-refractivity contribution in [2.45, 2.75) is 59.2 Å². The van der Waals surface area contributed by atoms with Crippen molar-refractivity contribution < 1.29 is 18.7 Å². The Kier molecular flexibility index (Phi) is 7.46. The molecule has 0 bridgehead atoms. The summed E-state index contributed by atoms with van der Waals surface area (Å²) < 4.78 is 27.8. The van der Waals surface area contributed by atoms with Gasteiger partial charge in [-0.3, -0.25) is 4.98 Å². The molecule has 1 fully saturated rings. The Labute approximate surface area is 241 Å². The number of pyridine rings is 2. The number of amides is 1. The van der Waals surface area contributed by atoms with Gasteiger partial charge < -0.3 is 14.4 Å². The van der Waals surface area contributed by atoms with Crippen molar-refractivity contribution in [2.24, 2.45) is 0 Å². The van der Waals surface area contributed by atoms with Gasteiger partial charge in [-0.2, -0.15) is 4.98 Å². The molecule has 0 N–H and O–H groups in total. The number of carbonyl (C=O) groups is 1. The molecule has 0 unspecified atom stereocenters. The average molecular weight is 580 g/mol. The number of nitrogens with zero attached hydrogens (tertiary/aromatic N) is 5. The predicted molar refractivity (Wildman–Crippen MR) is 154 cm³/mol. The first-order valence-corrected chi connectivity index (χ1v) is 13.7. The first-order valence-electron chi connectivity index (χ1n) is 13.3. The van der Waals surface area contributed by atoms with Gasteiger partial charge in [0, 0.05) is 11.8 Å². The molecule has 1 amide bonds. The van der Waals surface area contributed by atoms with Crippen molar-refractivity contribution in [3.05, 3.63) is 75.2 Å². The lowest BCUT2D eigenvalue weighted by molar-refractivity contribution is -0.0229. The van der Waals surface area contributed by atoms with Crippen molar-refractivity contribution >= 4 is 28.7 Å². The van der Waals surface area contributed by atoms with Crippen LogP contribution >= 0.6 is 11.6 Å². The summed E-state index contributed by atoms with van der Waals surface area (Å²) in [6, 6.07) is 9.54. The van der Waals surface area contributed by atoms with Crippen LogP contribution in [-0.4, -0.2) is 55.3 Å². The topological polar surface area (TPSA) is 99.4 Å². The lowest BCUT2D eigenvalue weighted by Gasteiger charge is -2.39. The van der Waals surface area contributed by atoms with Gasteiger partial charge in [-0.15, -0.1) is 0 Å². The Morgan fingerprint density at radius 3 is 2.51 bits per heavy atom. The summed E-state index contributed by atoms with van der Waals surface area (Å²) in [6.07, 6.45) is 0.817. The monoisotopic (exact) mass is 579 g/mol. The predicted octanol–water partition coefficient (Wildman–Crippen LogP) is 6.07. The highest BCUT2D eigenvalue weighted by Crippen LogP contribution is 2.35. The molecular formula is C30H31ClFN5O4. The van der Waals surface area contributed by atoms with Crippen molar-refractivity contribution in [1.82, 2.24) is 24.4 Å². The first-order chi connectivity index (χ1) is 19.3. The van der Waals surface area contributed by atoms with Gasteiger partial charge in [-0.1, -0.05) is 37.6 Å². The first kappa shape index (κ1) is 28.5. The molecule has 0 radical (unpaired) electrons. The van der Waals surface area contributed by atoms with Gasteiger partial charge >= 0.3 is 11.8 Å². The zero-order valence-electron chi connectivity index (χ0n) is 23.7. The minimum Gasteiger partial charge on any atom is -0.470 e. The van der Waals surface area contributed by atoms with Gasteiger partial charge in [-0.05, 0) is 63.4 Å². The molecule has 1 aromatic carbocycles. The van der Waals surface area contributed by atoms with Crippen molar-refractivity contribution in [1.29, 1.82) is 0 Å². The smallest absolute Gasteiger partial charge is 0.410 e. The standard InChI is InChI=1S/C30H31ClFN5O4/c1-16(2)23-25(17(3)11-12-33-23)37-26-20(13-21(31)24(34-26)19-9-7-8-10-22(19)32)27(35-28(37)38)40-18-14-36(15-18)29(39)41-30(4,5)6/h7-13,16,18H,14-15H2,1-6H3. The van der Waals surface area contributed by atoms with Gasteiger partial charge in [0.05, 0.1) is 40.6 Å². The summed E-state index contributed by atoms with van der Waals surface area (Å²) in [7, 11) is 0. The summed E-state index contributed by atoms with van der Waals surface area (Å²) in [5, 5.41) is 0.527. The molecule has 1 aliphatic heterocycles. The molecule has 3 aromatic heterocycles. The Hall–Kier alpha value is -4.05. The lowest BCUT2D eigenvalue weighted by Crippen LogP contribution is -2.57. The fraction of sp³-hybridized carbons (Fsp3) is 0.367. The van der Waals surface area contributed by atoms with E-state index < -0.39 is 29.3 Å². The number of hydrogen-bond donors (Lipinski definition) is 0. The van der Waals surface area contributed by atoms with Crippen LogP contribution in [0.15, 0.2) is 47.4 Å². The summed E-state index contributed by atoms with van der Waals surface area (Å²) >= 11 is 6.66. The zero-order valence-corrected chi connectivity index (χ0v) is 24.5. The van der Waals surface area contributed by atoms with Crippen LogP contribution in [0.2, 0.25) is 5.02 Å². The zero-order chi connectivity index (χ0) is 29.6. The van der Waals surface area contributed by atoms with Crippen molar-refractivity contribution in [3.8, 4) is 22.8 Å². The van der Waals surface area contributed by atoms with Crippen LogP contribution in [0.5, 0.6) is 5.88 Å². The third kappa shape index (κ3) is 5.61. The van der Waals surface area contributed by atoms with Gasteiger partial charge in [0.2, 0.25) is 5.88 Å². The van der Waals surface area contributed by atoms with Gasteiger partial charge in [-0.25, -0.2) is 23.5 Å². The highest BCUT2D eigenvalue weighted by Gasteiger charge is 2.36. The molecule has 0 saturated carbocycles. The summed E-state index contributed by atoms with van der Waals surface area (Å²) in [5.41, 5.74) is 1.33. The Bertz CT molecular complexity index is 1710. The average Bonchev–Trinajstić information content (AvgIpc) is 2.85. The van der Waals surface area contributed by atoms with Gasteiger partial charge in [0.15, 0.2) is 5.65 Å². The van der Waals surface area contributed by atoms with E-state index in [9.17, 15) is 14.0 Å². The van der Waals surface area contributed by atoms with E-state index in [1.807, 2.05) is 20.8 Å². The van der Waals surface area contributed by atoms with E-state index in [0.717, 1.165) is 5.56 Å². The molecule has 4 aromatic rings. The van der Waals surface area contributed by atoms with Crippen LogP contribution < -0.4 is 10.4 Å². The molecular weight excluding hydrogens is 549 g/mol. The number of ether oxygens (including phenoxy) is 2. The van der Waals surface area contributed by atoms with Crippen LogP contribution in [0.1, 0.15) is 51.8 Å². The van der Waals surface area contributed by atoms with E-state index in [4.69, 9.17) is 26.1 Å². The minimum atomic E-state index is -0.636. The van der Waals surface area contributed by atoms with Gasteiger partial charge in [0.1, 0.15) is 17.5 Å². The lowest BCUT2D eigenvalue weighted by atomic mass is 10.0. The van der Waals surface area contributed by atoms with Crippen LogP contribution in [-0.2, 0) is 4.74 Å². The highest BCUT2D eigenvalue weighted by molar-refractivity contribution is 6.33. The fourth-order valence-electron chi connectivity index (χ4n) is 4.66. The number of benzene rings is 1. The maximum absolute atomic E-state index is 14.8. The molecule has 9 nitrogen and oxygen atoms in total. The number of aryl methyl sites for hydroxylation is 1. The SMILES string of the molecule is Cc1ccnc(C(C)C)c1-n1c(=O)nc(OC2CN(C(=O)OC(C)(C)C)C2)c2cc(Cl)c(-c3ccccc3F)nc21. The summed E-state index contributed by atoms with van der Waals surface area (Å²) in [5.74, 6) is -0.495. The molecule has 41 heavy (non-hydrogen) atoms. The molecule has 0 spiro atoms. The van der Waals surface area contributed by atoms with Gasteiger partial charge in [0.25, 0.3) is 0 Å². The van der Waals surface area contributed by atoms with Crippen LogP contribution in [0.4, 0.5) is 9.18 Å². The third-order valence-corrected chi connectivity index (χ3v) is 6.91. The van der Waals surface area contributed by atoms with Crippen molar-refractivity contribution in [3.63, 3.8) is 0 Å². The molecule has 1 saturated heterocycles. The summed E-state index contributed by atoms with van der Waals surface area (Å²) in [6.45, 7) is 11.7. The molecule has 11 heteroatoms. The fourth-order valence-corrected chi connectivity index (χ4v) is 4.91. The molecule has 0 aliphatic carbocycles. The van der Waals surface area contributed by atoms with Crippen molar-refractivity contribution in [2.75, 3.05) is 13.1 Å². The summed E-state index contributed by atoms with van der Waals surface area (Å²) in [4.78, 5) is 41.2. The quantitative estimate of drug-likeness (QED) is 0.283. The second kappa shape index (κ2) is 10.7. The largest absolute Gasteiger partial charge is 0.470 e. The second-order valence-corrected chi connectivity index (χ2v) is 11.8. The molecule has 4 heterocycles. The van der Waals surface area contributed by atoms with E-state index in [1.165, 1.54) is 15.5 Å². The number of hydrogen-bond acceptors (Lipinski definition) is 7. The highest BCUT2D eigenvalue weighted by atomic mass is 35.5. The third-order valence-electron chi connectivity index (χ3n) is 6.62. The van der Waals surface area contributed by atoms with E-state index in [2.05, 4.69) is 9.97 Å². The normalized spacial score (nSPS) is 13.9. The molecule has 214 valence electrons. The number of rotatable bonds is 5. The van der Waals surface area contributed by atoms with E-state index in [0.29, 0.717) is 16.8 Å². The van der Waals surface area contributed by atoms with Crippen LogP contribution in [0, 0.1) is 12.7 Å². The van der Waals surface area contributed by atoms with E-state index in [-0.39, 0.29) is 46.8 Å². The number of carbonyl (C=O) groups excluding carboxylic acids is 1.